The van der Waals surface area contributed by atoms with Gasteiger partial charge >= 0.3 is 0 Å². The van der Waals surface area contributed by atoms with Gasteiger partial charge in [0.05, 0.1) is 0 Å². The van der Waals surface area contributed by atoms with Gasteiger partial charge in [-0.15, -0.1) is 0 Å². The number of piperidine rings is 1. The fourth-order valence-corrected chi connectivity index (χ4v) is 3.02. The molecule has 1 aromatic carbocycles. The van der Waals surface area contributed by atoms with Crippen molar-refractivity contribution in [3.05, 3.63) is 29.8 Å². The van der Waals surface area contributed by atoms with E-state index in [2.05, 4.69) is 5.32 Å². The van der Waals surface area contributed by atoms with Crippen LogP contribution in [0.3, 0.4) is 0 Å². The summed E-state index contributed by atoms with van der Waals surface area (Å²) in [6.45, 7) is 3.57. The van der Waals surface area contributed by atoms with Crippen molar-refractivity contribution < 1.29 is 9.59 Å². The normalized spacial score (nSPS) is 20.0. The maximum Gasteiger partial charge on any atom is 0.240 e. The molecule has 0 atom stereocenters. The first-order valence-corrected chi connectivity index (χ1v) is 7.80. The smallest absolute Gasteiger partial charge is 0.240 e. The molecule has 4 heteroatoms. The number of carbonyl (C=O) groups is 2. The van der Waals surface area contributed by atoms with E-state index >= 15 is 0 Å². The zero-order valence-corrected chi connectivity index (χ0v) is 12.5. The monoisotopic (exact) mass is 286 g/mol. The van der Waals surface area contributed by atoms with Gasteiger partial charge in [0, 0.05) is 18.8 Å². The van der Waals surface area contributed by atoms with Crippen LogP contribution in [0.25, 0.3) is 0 Å². The number of nitrogens with zero attached hydrogens (tertiary/aromatic N) is 1. The third-order valence-electron chi connectivity index (χ3n) is 4.63. The molecule has 2 amide bonds. The Kier molecular flexibility index (Phi) is 3.70. The molecule has 1 aromatic rings. The highest BCUT2D eigenvalue weighted by molar-refractivity contribution is 6.13. The number of likely N-dealkylation sites (tertiary alicyclic amines) is 1. The molecule has 1 saturated heterocycles. The molecule has 1 saturated carbocycles. The average molecular weight is 286 g/mol. The summed E-state index contributed by atoms with van der Waals surface area (Å²) in [5.74, 6) is -0.0966. The van der Waals surface area contributed by atoms with E-state index in [0.29, 0.717) is 12.8 Å². The molecular weight excluding hydrogens is 264 g/mol. The third kappa shape index (κ3) is 2.67. The predicted octanol–water partition coefficient (Wildman–Crippen LogP) is 2.73. The van der Waals surface area contributed by atoms with Crippen molar-refractivity contribution in [2.75, 3.05) is 18.4 Å². The summed E-state index contributed by atoms with van der Waals surface area (Å²) in [5, 5.41) is 2.95. The first-order chi connectivity index (χ1) is 10.1. The molecule has 0 aromatic heterocycles. The maximum absolute atomic E-state index is 12.7. The van der Waals surface area contributed by atoms with Gasteiger partial charge in [0.2, 0.25) is 11.8 Å². The molecule has 1 heterocycles. The Balaban J connectivity index is 1.71. The number of rotatable bonds is 3. The summed E-state index contributed by atoms with van der Waals surface area (Å²) in [6.07, 6.45) is 4.66. The lowest BCUT2D eigenvalue weighted by Crippen LogP contribution is -2.45. The van der Waals surface area contributed by atoms with Crippen molar-refractivity contribution in [3.63, 3.8) is 0 Å². The van der Waals surface area contributed by atoms with E-state index in [9.17, 15) is 9.59 Å². The topological polar surface area (TPSA) is 49.4 Å². The van der Waals surface area contributed by atoms with Crippen LogP contribution in [0.15, 0.2) is 24.3 Å². The van der Waals surface area contributed by atoms with Crippen LogP contribution in [-0.4, -0.2) is 29.8 Å². The van der Waals surface area contributed by atoms with E-state index in [1.807, 2.05) is 36.1 Å². The van der Waals surface area contributed by atoms with Crippen LogP contribution in [0, 0.1) is 12.3 Å². The van der Waals surface area contributed by atoms with Gasteiger partial charge in [0.15, 0.2) is 0 Å². The van der Waals surface area contributed by atoms with Gasteiger partial charge in [0.1, 0.15) is 5.41 Å². The molecule has 112 valence electrons. The predicted molar refractivity (Wildman–Crippen MR) is 81.9 cm³/mol. The van der Waals surface area contributed by atoms with Crippen LogP contribution in [-0.2, 0) is 9.59 Å². The van der Waals surface area contributed by atoms with Crippen molar-refractivity contribution in [2.24, 2.45) is 5.41 Å². The quantitative estimate of drug-likeness (QED) is 0.869. The van der Waals surface area contributed by atoms with E-state index in [4.69, 9.17) is 0 Å². The van der Waals surface area contributed by atoms with Crippen LogP contribution >= 0.6 is 0 Å². The minimum atomic E-state index is -0.792. The Labute approximate surface area is 125 Å². The van der Waals surface area contributed by atoms with Crippen LogP contribution in [0.5, 0.6) is 0 Å². The molecular formula is C17H22N2O2. The highest BCUT2D eigenvalue weighted by Gasteiger charge is 2.58. The fourth-order valence-electron chi connectivity index (χ4n) is 3.02. The minimum Gasteiger partial charge on any atom is -0.342 e. The molecule has 0 spiro atoms. The Morgan fingerprint density at radius 1 is 1.10 bits per heavy atom. The highest BCUT2D eigenvalue weighted by atomic mass is 16.2. The lowest BCUT2D eigenvalue weighted by molar-refractivity contribution is -0.143. The average Bonchev–Trinajstić information content (AvgIpc) is 3.31. The number of para-hydroxylation sites is 1. The molecule has 0 unspecified atom stereocenters. The zero-order valence-electron chi connectivity index (χ0n) is 12.5. The number of benzene rings is 1. The molecule has 2 fully saturated rings. The Hall–Kier alpha value is -1.84. The van der Waals surface area contributed by atoms with Gasteiger partial charge in [-0.05, 0) is 50.7 Å². The zero-order chi connectivity index (χ0) is 14.9. The highest BCUT2D eigenvalue weighted by Crippen LogP contribution is 2.48. The first-order valence-electron chi connectivity index (χ1n) is 7.80. The molecule has 1 aliphatic carbocycles. The lowest BCUT2D eigenvalue weighted by atomic mass is 10.0. The summed E-state index contributed by atoms with van der Waals surface area (Å²) in [7, 11) is 0. The number of anilines is 1. The second-order valence-electron chi connectivity index (χ2n) is 6.20. The molecule has 21 heavy (non-hydrogen) atoms. The van der Waals surface area contributed by atoms with Crippen molar-refractivity contribution in [1.29, 1.82) is 0 Å². The standard InChI is InChI=1S/C17H22N2O2/c1-13-7-3-4-8-14(13)18-15(20)17(9-10-17)16(21)19-11-5-2-6-12-19/h3-4,7-8H,2,5-6,9-12H2,1H3,(H,18,20). The SMILES string of the molecule is Cc1ccccc1NC(=O)C1(C(=O)N2CCCCC2)CC1. The number of hydrogen-bond donors (Lipinski definition) is 1. The second-order valence-corrected chi connectivity index (χ2v) is 6.20. The number of hydrogen-bond acceptors (Lipinski definition) is 2. The number of nitrogens with one attached hydrogen (secondary N) is 1. The molecule has 0 radical (unpaired) electrons. The fraction of sp³-hybridized carbons (Fsp3) is 0.529. The molecule has 1 N–H and O–H groups in total. The summed E-state index contributed by atoms with van der Waals surface area (Å²) >= 11 is 0. The van der Waals surface area contributed by atoms with Gasteiger partial charge in [0.25, 0.3) is 0 Å². The van der Waals surface area contributed by atoms with Crippen LogP contribution in [0.2, 0.25) is 0 Å². The molecule has 1 aliphatic heterocycles. The van der Waals surface area contributed by atoms with E-state index < -0.39 is 5.41 Å². The summed E-state index contributed by atoms with van der Waals surface area (Å²) in [6, 6.07) is 7.68. The molecule has 0 bridgehead atoms. The Bertz CT molecular complexity index is 558. The maximum atomic E-state index is 12.7. The van der Waals surface area contributed by atoms with E-state index in [0.717, 1.165) is 37.2 Å². The van der Waals surface area contributed by atoms with E-state index in [-0.39, 0.29) is 11.8 Å². The van der Waals surface area contributed by atoms with Gasteiger partial charge in [-0.25, -0.2) is 0 Å². The third-order valence-corrected chi connectivity index (χ3v) is 4.63. The Morgan fingerprint density at radius 3 is 2.38 bits per heavy atom. The second kappa shape index (κ2) is 5.51. The molecule has 4 nitrogen and oxygen atoms in total. The van der Waals surface area contributed by atoms with Crippen LogP contribution in [0.4, 0.5) is 5.69 Å². The van der Waals surface area contributed by atoms with Crippen LogP contribution in [0.1, 0.15) is 37.7 Å². The summed E-state index contributed by atoms with van der Waals surface area (Å²) < 4.78 is 0. The summed E-state index contributed by atoms with van der Waals surface area (Å²) in [5.41, 5.74) is 1.03. The van der Waals surface area contributed by atoms with Gasteiger partial charge in [-0.3, -0.25) is 9.59 Å². The number of carbonyl (C=O) groups excluding carboxylic acids is 2. The van der Waals surface area contributed by atoms with E-state index in [1.165, 1.54) is 6.42 Å². The van der Waals surface area contributed by atoms with Crippen molar-refractivity contribution in [2.45, 2.75) is 39.0 Å². The first kappa shape index (κ1) is 14.1. The minimum absolute atomic E-state index is 0.0354. The van der Waals surface area contributed by atoms with Crippen LogP contribution < -0.4 is 5.32 Å². The van der Waals surface area contributed by atoms with E-state index in [1.54, 1.807) is 0 Å². The largest absolute Gasteiger partial charge is 0.342 e. The molecule has 3 rings (SSSR count). The lowest BCUT2D eigenvalue weighted by Gasteiger charge is -2.30. The van der Waals surface area contributed by atoms with Crippen molar-refractivity contribution in [1.82, 2.24) is 4.90 Å². The Morgan fingerprint density at radius 2 is 1.76 bits per heavy atom. The molecule has 2 aliphatic rings. The van der Waals surface area contributed by atoms with Gasteiger partial charge in [-0.2, -0.15) is 0 Å². The van der Waals surface area contributed by atoms with Crippen molar-refractivity contribution in [3.8, 4) is 0 Å². The van der Waals surface area contributed by atoms with Gasteiger partial charge in [-0.1, -0.05) is 18.2 Å². The van der Waals surface area contributed by atoms with Crippen molar-refractivity contribution >= 4 is 17.5 Å². The number of aryl methyl sites for hydroxylation is 1. The summed E-state index contributed by atoms with van der Waals surface area (Å²) in [4.78, 5) is 27.1. The van der Waals surface area contributed by atoms with Gasteiger partial charge < -0.3 is 10.2 Å². The number of amides is 2.